The zero-order valence-corrected chi connectivity index (χ0v) is 16.7. The van der Waals surface area contributed by atoms with Gasteiger partial charge >= 0.3 is 0 Å². The average molecular weight is 407 g/mol. The largest absolute Gasteiger partial charge is 0.356 e. The third kappa shape index (κ3) is 5.81. The minimum atomic E-state index is -0.227. The number of piperidine rings is 1. The number of nitrogens with one attached hydrogen (secondary N) is 1. The van der Waals surface area contributed by atoms with Crippen LogP contribution in [0.15, 0.2) is 46.7 Å². The third-order valence-electron chi connectivity index (χ3n) is 4.59. The smallest absolute Gasteiger partial charge is 0.263 e. The van der Waals surface area contributed by atoms with E-state index in [4.69, 9.17) is 0 Å². The number of thiophene rings is 1. The van der Waals surface area contributed by atoms with E-state index in [1.54, 1.807) is 23.9 Å². The highest BCUT2D eigenvalue weighted by Gasteiger charge is 2.27. The number of rotatable bonds is 7. The predicted molar refractivity (Wildman–Crippen MR) is 108 cm³/mol. The number of amides is 2. The fraction of sp³-hybridized carbons (Fsp3) is 0.400. The molecular formula is C20H23FN2O2S2. The maximum absolute atomic E-state index is 12.9. The van der Waals surface area contributed by atoms with Crippen molar-refractivity contribution in [3.63, 3.8) is 0 Å². The van der Waals surface area contributed by atoms with E-state index in [1.165, 1.54) is 23.5 Å². The molecule has 3 rings (SSSR count). The third-order valence-corrected chi connectivity index (χ3v) is 6.54. The number of carbonyl (C=O) groups is 2. The van der Waals surface area contributed by atoms with Gasteiger partial charge in [-0.25, -0.2) is 4.39 Å². The number of thioether (sulfide) groups is 1. The van der Waals surface area contributed by atoms with Crippen LogP contribution in [0.1, 0.15) is 28.9 Å². The molecule has 144 valence electrons. The highest BCUT2D eigenvalue weighted by atomic mass is 32.2. The first-order valence-corrected chi connectivity index (χ1v) is 11.0. The topological polar surface area (TPSA) is 49.4 Å². The summed E-state index contributed by atoms with van der Waals surface area (Å²) >= 11 is 3.11. The van der Waals surface area contributed by atoms with Crippen molar-refractivity contribution in [1.82, 2.24) is 10.2 Å². The van der Waals surface area contributed by atoms with Gasteiger partial charge in [0.15, 0.2) is 0 Å². The Labute approximate surface area is 167 Å². The number of hydrogen-bond acceptors (Lipinski definition) is 4. The Hall–Kier alpha value is -1.86. The van der Waals surface area contributed by atoms with Gasteiger partial charge in [-0.05, 0) is 60.7 Å². The van der Waals surface area contributed by atoms with Crippen LogP contribution in [0.3, 0.4) is 0 Å². The van der Waals surface area contributed by atoms with Crippen LogP contribution < -0.4 is 5.32 Å². The Kier molecular flexibility index (Phi) is 7.29. The van der Waals surface area contributed by atoms with Gasteiger partial charge in [0, 0.05) is 30.4 Å². The normalized spacial score (nSPS) is 14.9. The molecule has 1 aromatic heterocycles. The van der Waals surface area contributed by atoms with Crippen molar-refractivity contribution in [1.29, 1.82) is 0 Å². The Bertz CT molecular complexity index is 742. The van der Waals surface area contributed by atoms with Gasteiger partial charge in [-0.15, -0.1) is 23.1 Å². The Morgan fingerprint density at radius 3 is 2.59 bits per heavy atom. The molecule has 1 N–H and O–H groups in total. The highest BCUT2D eigenvalue weighted by Crippen LogP contribution is 2.21. The molecule has 2 amide bonds. The second-order valence-electron chi connectivity index (χ2n) is 6.49. The van der Waals surface area contributed by atoms with Gasteiger partial charge < -0.3 is 10.2 Å². The molecule has 1 saturated heterocycles. The molecule has 4 nitrogen and oxygen atoms in total. The van der Waals surface area contributed by atoms with Crippen LogP contribution in [0.2, 0.25) is 0 Å². The molecule has 1 fully saturated rings. The fourth-order valence-corrected chi connectivity index (χ4v) is 4.59. The van der Waals surface area contributed by atoms with Crippen molar-refractivity contribution in [2.24, 2.45) is 5.92 Å². The van der Waals surface area contributed by atoms with E-state index in [2.05, 4.69) is 5.32 Å². The van der Waals surface area contributed by atoms with E-state index in [0.29, 0.717) is 32.5 Å². The second-order valence-corrected chi connectivity index (χ2v) is 8.61. The number of hydrogen-bond donors (Lipinski definition) is 1. The number of halogens is 1. The van der Waals surface area contributed by atoms with E-state index in [-0.39, 0.29) is 23.5 Å². The molecule has 7 heteroatoms. The molecule has 0 bridgehead atoms. The van der Waals surface area contributed by atoms with Crippen molar-refractivity contribution in [2.45, 2.75) is 24.2 Å². The van der Waals surface area contributed by atoms with Crippen LogP contribution >= 0.6 is 23.1 Å². The summed E-state index contributed by atoms with van der Waals surface area (Å²) in [4.78, 5) is 28.3. The number of carbonyl (C=O) groups excluding carboxylic acids is 2. The summed E-state index contributed by atoms with van der Waals surface area (Å²) in [5.74, 6) is 0.795. The van der Waals surface area contributed by atoms with Gasteiger partial charge in [-0.2, -0.15) is 0 Å². The lowest BCUT2D eigenvalue weighted by molar-refractivity contribution is -0.126. The molecule has 0 aliphatic carbocycles. The predicted octanol–water partition coefficient (Wildman–Crippen LogP) is 4.04. The lowest BCUT2D eigenvalue weighted by Crippen LogP contribution is -2.43. The highest BCUT2D eigenvalue weighted by molar-refractivity contribution is 7.99. The van der Waals surface area contributed by atoms with Gasteiger partial charge in [-0.3, -0.25) is 9.59 Å². The van der Waals surface area contributed by atoms with Crippen molar-refractivity contribution in [3.8, 4) is 0 Å². The van der Waals surface area contributed by atoms with Gasteiger partial charge in [0.05, 0.1) is 4.88 Å². The first-order chi connectivity index (χ1) is 13.1. The lowest BCUT2D eigenvalue weighted by atomic mass is 9.96. The van der Waals surface area contributed by atoms with Crippen LogP contribution in [0.5, 0.6) is 0 Å². The van der Waals surface area contributed by atoms with E-state index >= 15 is 0 Å². The summed E-state index contributed by atoms with van der Waals surface area (Å²) < 4.78 is 12.9. The quantitative estimate of drug-likeness (QED) is 0.558. The lowest BCUT2D eigenvalue weighted by Gasteiger charge is -2.31. The van der Waals surface area contributed by atoms with Crippen LogP contribution in [0, 0.1) is 11.7 Å². The summed E-state index contributed by atoms with van der Waals surface area (Å²) in [7, 11) is 0. The molecule has 1 aliphatic heterocycles. The summed E-state index contributed by atoms with van der Waals surface area (Å²) in [6, 6.07) is 10.2. The zero-order chi connectivity index (χ0) is 19.1. The SMILES string of the molecule is O=C(NCCCSc1ccc(F)cc1)C1CCN(C(=O)c2cccs2)CC1. The Morgan fingerprint density at radius 1 is 1.19 bits per heavy atom. The van der Waals surface area contributed by atoms with E-state index in [0.717, 1.165) is 21.9 Å². The fourth-order valence-electron chi connectivity index (χ4n) is 3.05. The molecule has 0 saturated carbocycles. The van der Waals surface area contributed by atoms with Crippen molar-refractivity contribution >= 4 is 34.9 Å². The average Bonchev–Trinajstić information content (AvgIpc) is 3.23. The summed E-state index contributed by atoms with van der Waals surface area (Å²) in [5.41, 5.74) is 0. The molecular weight excluding hydrogens is 383 g/mol. The van der Waals surface area contributed by atoms with Crippen LogP contribution in [-0.2, 0) is 4.79 Å². The Balaban J connectivity index is 1.31. The molecule has 27 heavy (non-hydrogen) atoms. The van der Waals surface area contributed by atoms with Crippen LogP contribution in [-0.4, -0.2) is 42.1 Å². The zero-order valence-electron chi connectivity index (χ0n) is 15.0. The summed E-state index contributed by atoms with van der Waals surface area (Å²) in [6.45, 7) is 1.91. The summed E-state index contributed by atoms with van der Waals surface area (Å²) in [5, 5.41) is 4.91. The number of nitrogens with zero attached hydrogens (tertiary/aromatic N) is 1. The van der Waals surface area contributed by atoms with Crippen molar-refractivity contribution < 1.29 is 14.0 Å². The van der Waals surface area contributed by atoms with Gasteiger partial charge in [0.25, 0.3) is 5.91 Å². The van der Waals surface area contributed by atoms with E-state index < -0.39 is 0 Å². The molecule has 0 radical (unpaired) electrons. The minimum Gasteiger partial charge on any atom is -0.356 e. The summed E-state index contributed by atoms with van der Waals surface area (Å²) in [6.07, 6.45) is 2.30. The monoisotopic (exact) mass is 406 g/mol. The number of likely N-dealkylation sites (tertiary alicyclic amines) is 1. The molecule has 1 aromatic carbocycles. The van der Waals surface area contributed by atoms with Crippen molar-refractivity contribution in [3.05, 3.63) is 52.5 Å². The van der Waals surface area contributed by atoms with Gasteiger partial charge in [0.1, 0.15) is 5.82 Å². The molecule has 2 heterocycles. The second kappa shape index (κ2) is 9.90. The number of benzene rings is 1. The maximum atomic E-state index is 12.9. The van der Waals surface area contributed by atoms with E-state index in [1.807, 2.05) is 22.4 Å². The first-order valence-electron chi connectivity index (χ1n) is 9.12. The van der Waals surface area contributed by atoms with Crippen LogP contribution in [0.4, 0.5) is 4.39 Å². The molecule has 1 aliphatic rings. The molecule has 0 atom stereocenters. The van der Waals surface area contributed by atoms with Gasteiger partial charge in [0.2, 0.25) is 5.91 Å². The van der Waals surface area contributed by atoms with Gasteiger partial charge in [-0.1, -0.05) is 6.07 Å². The van der Waals surface area contributed by atoms with E-state index in [9.17, 15) is 14.0 Å². The standard InChI is InChI=1S/C20H23FN2O2S2/c21-16-4-6-17(7-5-16)26-14-2-10-22-19(24)15-8-11-23(12-9-15)20(25)18-3-1-13-27-18/h1,3-7,13,15H,2,8-12,14H2,(H,22,24). The first kappa shape index (κ1) is 19.9. The maximum Gasteiger partial charge on any atom is 0.263 e. The molecule has 0 spiro atoms. The van der Waals surface area contributed by atoms with Crippen molar-refractivity contribution in [2.75, 3.05) is 25.4 Å². The molecule has 2 aromatic rings. The van der Waals surface area contributed by atoms with Crippen LogP contribution in [0.25, 0.3) is 0 Å². The minimum absolute atomic E-state index is 0.0119. The Morgan fingerprint density at radius 2 is 1.93 bits per heavy atom. The molecule has 0 unspecified atom stereocenters.